The second-order valence-corrected chi connectivity index (χ2v) is 8.65. The van der Waals surface area contributed by atoms with Gasteiger partial charge in [0.05, 0.1) is 15.6 Å². The van der Waals surface area contributed by atoms with E-state index in [4.69, 9.17) is 4.74 Å². The van der Waals surface area contributed by atoms with Gasteiger partial charge in [-0.15, -0.1) is 0 Å². The summed E-state index contributed by atoms with van der Waals surface area (Å²) in [5.41, 5.74) is 3.59. The fourth-order valence-corrected chi connectivity index (χ4v) is 4.95. The summed E-state index contributed by atoms with van der Waals surface area (Å²) in [7, 11) is 0. The molecule has 0 aliphatic rings. The van der Waals surface area contributed by atoms with E-state index in [-0.39, 0.29) is 5.56 Å². The summed E-state index contributed by atoms with van der Waals surface area (Å²) >= 11 is 1.40. The van der Waals surface area contributed by atoms with Crippen LogP contribution in [0.4, 0.5) is 0 Å². The van der Waals surface area contributed by atoms with E-state index in [2.05, 4.69) is 35.3 Å². The minimum Gasteiger partial charge on any atom is -0.488 e. The largest absolute Gasteiger partial charge is 0.488 e. The van der Waals surface area contributed by atoms with Crippen LogP contribution >= 0.6 is 11.3 Å². The minimum absolute atomic E-state index is 0.0527. The van der Waals surface area contributed by atoms with E-state index in [0.717, 1.165) is 27.9 Å². The van der Waals surface area contributed by atoms with Crippen molar-refractivity contribution in [2.24, 2.45) is 0 Å². The summed E-state index contributed by atoms with van der Waals surface area (Å²) in [4.78, 5) is 18.4. The van der Waals surface area contributed by atoms with Crippen LogP contribution in [0.25, 0.3) is 32.8 Å². The Morgan fingerprint density at radius 2 is 1.66 bits per heavy atom. The first-order valence-corrected chi connectivity index (χ1v) is 11.2. The SMILES string of the molecule is O=c1/c(=C/c2ccccc2OCc2ccc3ccccc3c2)sc2nc3ccccc3n12. The second kappa shape index (κ2) is 7.62. The van der Waals surface area contributed by atoms with Crippen LogP contribution in [0.1, 0.15) is 11.1 Å². The third-order valence-corrected chi connectivity index (χ3v) is 6.53. The number of hydrogen-bond donors (Lipinski definition) is 0. The van der Waals surface area contributed by atoms with Crippen LogP contribution in [-0.4, -0.2) is 9.38 Å². The van der Waals surface area contributed by atoms with Gasteiger partial charge in [-0.25, -0.2) is 9.38 Å². The summed E-state index contributed by atoms with van der Waals surface area (Å²) in [5.74, 6) is 0.746. The maximum Gasteiger partial charge on any atom is 0.274 e. The molecule has 4 aromatic carbocycles. The van der Waals surface area contributed by atoms with E-state index >= 15 is 0 Å². The van der Waals surface area contributed by atoms with Crippen LogP contribution in [0.2, 0.25) is 0 Å². The summed E-state index contributed by atoms with van der Waals surface area (Å²) in [6.07, 6.45) is 1.90. The van der Waals surface area contributed by atoms with Gasteiger partial charge in [0.2, 0.25) is 0 Å². The van der Waals surface area contributed by atoms with Crippen LogP contribution < -0.4 is 14.8 Å². The molecule has 6 rings (SSSR count). The first-order valence-electron chi connectivity index (χ1n) is 10.4. The van der Waals surface area contributed by atoms with Gasteiger partial charge in [-0.1, -0.05) is 78.1 Å². The Morgan fingerprint density at radius 1 is 0.875 bits per heavy atom. The third-order valence-electron chi connectivity index (χ3n) is 5.56. The van der Waals surface area contributed by atoms with Crippen molar-refractivity contribution in [2.75, 3.05) is 0 Å². The smallest absolute Gasteiger partial charge is 0.274 e. The van der Waals surface area contributed by atoms with Crippen LogP contribution in [-0.2, 0) is 6.61 Å². The van der Waals surface area contributed by atoms with E-state index < -0.39 is 0 Å². The first-order chi connectivity index (χ1) is 15.8. The molecule has 0 saturated carbocycles. The predicted molar refractivity (Wildman–Crippen MR) is 130 cm³/mol. The quantitative estimate of drug-likeness (QED) is 0.384. The molecule has 4 nitrogen and oxygen atoms in total. The molecule has 2 aromatic heterocycles. The normalized spacial score (nSPS) is 12.2. The van der Waals surface area contributed by atoms with Gasteiger partial charge in [-0.2, -0.15) is 0 Å². The molecule has 0 aliphatic heterocycles. The molecule has 0 saturated heterocycles. The van der Waals surface area contributed by atoms with Crippen molar-refractivity contribution < 1.29 is 4.74 Å². The van der Waals surface area contributed by atoms with Gasteiger partial charge in [0.1, 0.15) is 12.4 Å². The van der Waals surface area contributed by atoms with Crippen LogP contribution in [0.15, 0.2) is 95.8 Å². The van der Waals surface area contributed by atoms with Gasteiger partial charge >= 0.3 is 0 Å². The molecular formula is C27H18N2O2S. The van der Waals surface area contributed by atoms with Gasteiger partial charge in [-0.3, -0.25) is 4.79 Å². The Balaban J connectivity index is 1.36. The Hall–Kier alpha value is -3.96. The van der Waals surface area contributed by atoms with Crippen molar-refractivity contribution in [3.8, 4) is 5.75 Å². The lowest BCUT2D eigenvalue weighted by Crippen LogP contribution is -2.22. The molecule has 0 unspecified atom stereocenters. The molecule has 32 heavy (non-hydrogen) atoms. The average molecular weight is 435 g/mol. The molecule has 5 heteroatoms. The van der Waals surface area contributed by atoms with Crippen molar-refractivity contribution >= 4 is 44.2 Å². The summed E-state index contributed by atoms with van der Waals surface area (Å²) in [6.45, 7) is 0.457. The van der Waals surface area contributed by atoms with Crippen molar-refractivity contribution in [3.63, 3.8) is 0 Å². The van der Waals surface area contributed by atoms with Gasteiger partial charge in [0, 0.05) is 5.56 Å². The monoisotopic (exact) mass is 434 g/mol. The van der Waals surface area contributed by atoms with E-state index in [1.165, 1.54) is 22.1 Å². The Kier molecular flexibility index (Phi) is 4.47. The molecule has 0 N–H and O–H groups in total. The highest BCUT2D eigenvalue weighted by Gasteiger charge is 2.11. The number of benzene rings is 4. The first kappa shape index (κ1) is 18.8. The molecule has 0 amide bonds. The number of para-hydroxylation sites is 3. The van der Waals surface area contributed by atoms with E-state index in [0.29, 0.717) is 16.1 Å². The lowest BCUT2D eigenvalue weighted by Gasteiger charge is -2.10. The third kappa shape index (κ3) is 3.24. The van der Waals surface area contributed by atoms with Crippen molar-refractivity contribution in [3.05, 3.63) is 117 Å². The summed E-state index contributed by atoms with van der Waals surface area (Å²) in [5, 5.41) is 2.40. The molecule has 0 atom stereocenters. The predicted octanol–water partition coefficient (Wildman–Crippen LogP) is 5.19. The number of ether oxygens (including phenoxy) is 1. The molecule has 2 heterocycles. The number of fused-ring (bicyclic) bond motifs is 4. The molecule has 6 aromatic rings. The number of aromatic nitrogens is 2. The zero-order valence-electron chi connectivity index (χ0n) is 17.1. The number of nitrogens with zero attached hydrogens (tertiary/aromatic N) is 2. The van der Waals surface area contributed by atoms with Gasteiger partial charge in [-0.05, 0) is 46.7 Å². The number of imidazole rings is 1. The number of rotatable bonds is 4. The molecule has 0 fully saturated rings. The average Bonchev–Trinajstić information content (AvgIpc) is 3.34. The summed E-state index contributed by atoms with van der Waals surface area (Å²) < 4.78 is 8.48. The Bertz CT molecular complexity index is 1720. The summed E-state index contributed by atoms with van der Waals surface area (Å²) in [6, 6.07) is 30.1. The molecule has 0 radical (unpaired) electrons. The van der Waals surface area contributed by atoms with Gasteiger partial charge in [0.25, 0.3) is 5.56 Å². The maximum atomic E-state index is 13.1. The fraction of sp³-hybridized carbons (Fsp3) is 0.0370. The van der Waals surface area contributed by atoms with Gasteiger partial charge < -0.3 is 4.74 Å². The fourth-order valence-electron chi connectivity index (χ4n) is 3.97. The maximum absolute atomic E-state index is 13.1. The van der Waals surface area contributed by atoms with Crippen molar-refractivity contribution in [2.45, 2.75) is 6.61 Å². The van der Waals surface area contributed by atoms with Crippen molar-refractivity contribution in [1.29, 1.82) is 0 Å². The minimum atomic E-state index is -0.0527. The standard InChI is InChI=1S/C27H18N2O2S/c30-26-25(32-27-28-22-10-4-5-11-23(22)29(26)27)16-21-9-3-6-12-24(21)31-17-18-13-14-19-7-1-2-8-20(19)15-18/h1-16H,17H2/b25-16-. The van der Waals surface area contributed by atoms with Gasteiger partial charge in [0.15, 0.2) is 4.96 Å². The van der Waals surface area contributed by atoms with Crippen LogP contribution in [0.3, 0.4) is 0 Å². The zero-order chi connectivity index (χ0) is 21.5. The Morgan fingerprint density at radius 3 is 2.59 bits per heavy atom. The van der Waals surface area contributed by atoms with E-state index in [1.807, 2.05) is 66.7 Å². The topological polar surface area (TPSA) is 43.6 Å². The Labute approximate surface area is 187 Å². The molecule has 0 spiro atoms. The van der Waals surface area contributed by atoms with Crippen LogP contribution in [0.5, 0.6) is 5.75 Å². The molecule has 0 bridgehead atoms. The number of hydrogen-bond acceptors (Lipinski definition) is 4. The highest BCUT2D eigenvalue weighted by Crippen LogP contribution is 2.22. The molecule has 154 valence electrons. The van der Waals surface area contributed by atoms with Crippen molar-refractivity contribution in [1.82, 2.24) is 9.38 Å². The number of thiazole rings is 1. The van der Waals surface area contributed by atoms with E-state index in [1.54, 1.807) is 4.40 Å². The van der Waals surface area contributed by atoms with Crippen LogP contribution in [0, 0.1) is 0 Å². The highest BCUT2D eigenvalue weighted by molar-refractivity contribution is 7.15. The zero-order valence-corrected chi connectivity index (χ0v) is 17.9. The molecular weight excluding hydrogens is 416 g/mol. The second-order valence-electron chi connectivity index (χ2n) is 7.64. The highest BCUT2D eigenvalue weighted by atomic mass is 32.1. The molecule has 0 aliphatic carbocycles. The lowest BCUT2D eigenvalue weighted by molar-refractivity contribution is 0.305. The lowest BCUT2D eigenvalue weighted by atomic mass is 10.1. The van der Waals surface area contributed by atoms with E-state index in [9.17, 15) is 4.79 Å².